The Labute approximate surface area is 224 Å². The number of aryl methyl sites for hydroxylation is 1. The van der Waals surface area contributed by atoms with E-state index >= 15 is 0 Å². The van der Waals surface area contributed by atoms with Crippen molar-refractivity contribution in [1.82, 2.24) is 15.0 Å². The molecule has 2 aromatic heterocycles. The number of rotatable bonds is 5. The van der Waals surface area contributed by atoms with Gasteiger partial charge in [-0.1, -0.05) is 35.7 Å². The molecule has 6 rings (SSSR count). The molecule has 0 radical (unpaired) electrons. The summed E-state index contributed by atoms with van der Waals surface area (Å²) in [6.45, 7) is 6.96. The molecule has 2 aromatic carbocycles. The van der Waals surface area contributed by atoms with Crippen molar-refractivity contribution < 1.29 is 4.74 Å². The van der Waals surface area contributed by atoms with Crippen LogP contribution < -0.4 is 15.8 Å². The van der Waals surface area contributed by atoms with Gasteiger partial charge in [-0.3, -0.25) is 4.79 Å². The van der Waals surface area contributed by atoms with E-state index in [1.54, 1.807) is 35.8 Å². The number of aromatic nitrogens is 3. The van der Waals surface area contributed by atoms with Crippen LogP contribution in [0, 0.1) is 6.92 Å². The van der Waals surface area contributed by atoms with Gasteiger partial charge < -0.3 is 19.9 Å². The molecule has 7 nitrogen and oxygen atoms in total. The van der Waals surface area contributed by atoms with Crippen molar-refractivity contribution >= 4 is 34.9 Å². The van der Waals surface area contributed by atoms with Gasteiger partial charge in [-0.05, 0) is 50.2 Å². The van der Waals surface area contributed by atoms with E-state index in [4.69, 9.17) is 4.74 Å². The predicted octanol–water partition coefficient (Wildman–Crippen LogP) is 5.77. The zero-order chi connectivity index (χ0) is 25.4. The van der Waals surface area contributed by atoms with E-state index in [2.05, 4.69) is 74.6 Å². The van der Waals surface area contributed by atoms with Gasteiger partial charge in [0.2, 0.25) is 5.56 Å². The van der Waals surface area contributed by atoms with Crippen molar-refractivity contribution in [3.8, 4) is 11.3 Å². The first-order valence-corrected chi connectivity index (χ1v) is 13.9. The Balaban J connectivity index is 1.27. The number of hydrogen-bond acceptors (Lipinski definition) is 8. The zero-order valence-electron chi connectivity index (χ0n) is 20.7. The van der Waals surface area contributed by atoms with Crippen LogP contribution >= 0.6 is 23.5 Å². The number of morpholine rings is 1. The molecule has 1 unspecified atom stereocenters. The third kappa shape index (κ3) is 5.12. The fraction of sp³-hybridized carbons (Fsp3) is 0.250. The van der Waals surface area contributed by atoms with Crippen LogP contribution in [-0.2, 0) is 4.74 Å². The SMILES string of the molecule is Cc1nccc(C(C)Nc2ccc3c(c2)Sc2cccc(-c4cc(N5CCOCC5)cc(=O)[nH]4)c2S3)n1. The summed E-state index contributed by atoms with van der Waals surface area (Å²) in [6.07, 6.45) is 1.80. The largest absolute Gasteiger partial charge is 0.378 e. The fourth-order valence-electron chi connectivity index (χ4n) is 4.62. The van der Waals surface area contributed by atoms with E-state index in [-0.39, 0.29) is 11.6 Å². The summed E-state index contributed by atoms with van der Waals surface area (Å²) in [4.78, 5) is 31.4. The Morgan fingerprint density at radius 1 is 1.03 bits per heavy atom. The number of anilines is 2. The molecule has 0 amide bonds. The highest BCUT2D eigenvalue weighted by molar-refractivity contribution is 8.05. The number of ether oxygens (including phenoxy) is 1. The van der Waals surface area contributed by atoms with Crippen LogP contribution in [-0.4, -0.2) is 41.3 Å². The van der Waals surface area contributed by atoms with Crippen LogP contribution in [0.4, 0.5) is 11.4 Å². The molecule has 0 aliphatic carbocycles. The molecule has 2 aliphatic rings. The van der Waals surface area contributed by atoms with Gasteiger partial charge >= 0.3 is 0 Å². The van der Waals surface area contributed by atoms with Crippen molar-refractivity contribution in [3.05, 3.63) is 82.7 Å². The maximum Gasteiger partial charge on any atom is 0.250 e. The van der Waals surface area contributed by atoms with E-state index < -0.39 is 0 Å². The first kappa shape index (κ1) is 24.1. The lowest BCUT2D eigenvalue weighted by atomic mass is 10.1. The Morgan fingerprint density at radius 2 is 1.89 bits per heavy atom. The molecule has 2 aliphatic heterocycles. The monoisotopic (exact) mass is 529 g/mol. The van der Waals surface area contributed by atoms with Crippen LogP contribution in [0.5, 0.6) is 0 Å². The Bertz CT molecular complexity index is 1520. The molecule has 0 saturated carbocycles. The summed E-state index contributed by atoms with van der Waals surface area (Å²) >= 11 is 3.51. The summed E-state index contributed by atoms with van der Waals surface area (Å²) in [5.41, 5.74) is 4.76. The van der Waals surface area contributed by atoms with Gasteiger partial charge in [0.1, 0.15) is 5.82 Å². The number of fused-ring (bicyclic) bond motifs is 2. The minimum absolute atomic E-state index is 0.0652. The van der Waals surface area contributed by atoms with Crippen molar-refractivity contribution in [2.24, 2.45) is 0 Å². The minimum Gasteiger partial charge on any atom is -0.378 e. The maximum absolute atomic E-state index is 12.6. The van der Waals surface area contributed by atoms with Gasteiger partial charge in [-0.2, -0.15) is 0 Å². The van der Waals surface area contributed by atoms with Crippen LogP contribution in [0.3, 0.4) is 0 Å². The number of benzene rings is 2. The average molecular weight is 530 g/mol. The first-order valence-electron chi connectivity index (χ1n) is 12.3. The number of nitrogens with one attached hydrogen (secondary N) is 2. The van der Waals surface area contributed by atoms with Gasteiger partial charge in [0.25, 0.3) is 0 Å². The second-order valence-corrected chi connectivity index (χ2v) is 11.2. The van der Waals surface area contributed by atoms with Gasteiger partial charge in [0, 0.05) is 61.9 Å². The number of aromatic amines is 1. The molecule has 1 saturated heterocycles. The smallest absolute Gasteiger partial charge is 0.250 e. The van der Waals surface area contributed by atoms with E-state index in [9.17, 15) is 4.79 Å². The third-order valence-electron chi connectivity index (χ3n) is 6.47. The molecule has 9 heteroatoms. The molecular weight excluding hydrogens is 502 g/mol. The second kappa shape index (κ2) is 10.2. The third-order valence-corrected chi connectivity index (χ3v) is 9.07. The van der Waals surface area contributed by atoms with Crippen LogP contribution in [0.2, 0.25) is 0 Å². The fourth-order valence-corrected chi connectivity index (χ4v) is 7.03. The molecule has 4 heterocycles. The molecule has 0 spiro atoms. The highest BCUT2D eigenvalue weighted by Gasteiger charge is 2.22. The lowest BCUT2D eigenvalue weighted by Gasteiger charge is -2.29. The molecule has 2 N–H and O–H groups in total. The van der Waals surface area contributed by atoms with Crippen LogP contribution in [0.25, 0.3) is 11.3 Å². The van der Waals surface area contributed by atoms with E-state index in [1.807, 2.05) is 13.0 Å². The van der Waals surface area contributed by atoms with Gasteiger partial charge in [-0.15, -0.1) is 0 Å². The molecule has 4 aromatic rings. The number of nitrogens with zero attached hydrogens (tertiary/aromatic N) is 3. The van der Waals surface area contributed by atoms with Gasteiger partial charge in [0.15, 0.2) is 0 Å². The van der Waals surface area contributed by atoms with Gasteiger partial charge in [0.05, 0.1) is 30.6 Å². The van der Waals surface area contributed by atoms with E-state index in [0.717, 1.165) is 47.2 Å². The highest BCUT2D eigenvalue weighted by atomic mass is 32.2. The van der Waals surface area contributed by atoms with E-state index in [0.29, 0.717) is 13.2 Å². The standard InChI is InChI=1S/C28H27N5O2S2/c1-17(22-8-9-29-18(2)31-22)30-19-6-7-24-26(14-19)36-25-5-3-4-21(28(25)37-24)23-15-20(16-27(34)32-23)33-10-12-35-13-11-33/h3-9,14-17,30H,10-13H2,1-2H3,(H,32,34). The van der Waals surface area contributed by atoms with Crippen molar-refractivity contribution in [3.63, 3.8) is 0 Å². The lowest BCUT2D eigenvalue weighted by molar-refractivity contribution is 0.122. The van der Waals surface area contributed by atoms with E-state index in [1.165, 1.54) is 19.6 Å². The normalized spacial score (nSPS) is 15.6. The van der Waals surface area contributed by atoms with Gasteiger partial charge in [-0.25, -0.2) is 9.97 Å². The predicted molar refractivity (Wildman–Crippen MR) is 149 cm³/mol. The average Bonchev–Trinajstić information content (AvgIpc) is 2.91. The molecule has 188 valence electrons. The second-order valence-electron chi connectivity index (χ2n) is 9.11. The zero-order valence-corrected chi connectivity index (χ0v) is 22.3. The highest BCUT2D eigenvalue weighted by Crippen LogP contribution is 2.52. The van der Waals surface area contributed by atoms with Crippen LogP contribution in [0.1, 0.15) is 24.5 Å². The number of pyridine rings is 1. The molecular formula is C28H27N5O2S2. The lowest BCUT2D eigenvalue weighted by Crippen LogP contribution is -2.36. The maximum atomic E-state index is 12.6. The number of H-pyrrole nitrogens is 1. The summed E-state index contributed by atoms with van der Waals surface area (Å²) in [6, 6.07) is 18.6. The Morgan fingerprint density at radius 3 is 2.73 bits per heavy atom. The minimum atomic E-state index is -0.0887. The summed E-state index contributed by atoms with van der Waals surface area (Å²) in [5, 5.41) is 3.57. The van der Waals surface area contributed by atoms with Crippen molar-refractivity contribution in [1.29, 1.82) is 0 Å². The molecule has 1 atom stereocenters. The van der Waals surface area contributed by atoms with Crippen molar-refractivity contribution in [2.45, 2.75) is 39.5 Å². The molecule has 0 bridgehead atoms. The Kier molecular flexibility index (Phi) is 6.67. The summed E-state index contributed by atoms with van der Waals surface area (Å²) in [7, 11) is 0. The summed E-state index contributed by atoms with van der Waals surface area (Å²) in [5.74, 6) is 0.771. The number of hydrogen-bond donors (Lipinski definition) is 2. The topological polar surface area (TPSA) is 83.1 Å². The quantitative estimate of drug-likeness (QED) is 0.297. The molecule has 37 heavy (non-hydrogen) atoms. The molecule has 1 fully saturated rings. The van der Waals surface area contributed by atoms with Crippen molar-refractivity contribution in [2.75, 3.05) is 36.5 Å². The summed E-state index contributed by atoms with van der Waals surface area (Å²) < 4.78 is 5.49. The Hall–Kier alpha value is -3.27. The van der Waals surface area contributed by atoms with Crippen LogP contribution in [0.15, 0.2) is 85.2 Å². The first-order chi connectivity index (χ1) is 18.0.